The van der Waals surface area contributed by atoms with E-state index >= 15 is 0 Å². The highest BCUT2D eigenvalue weighted by Crippen LogP contribution is 2.62. The van der Waals surface area contributed by atoms with Gasteiger partial charge in [0.15, 0.2) is 11.5 Å². The van der Waals surface area contributed by atoms with E-state index in [1.54, 1.807) is 12.0 Å². The molecule has 1 fully saturated rings. The van der Waals surface area contributed by atoms with Crippen molar-refractivity contribution in [2.45, 2.75) is 50.3 Å². The molecule has 2 N–H and O–H groups in total. The van der Waals surface area contributed by atoms with Crippen LogP contribution in [0, 0.1) is 16.7 Å². The van der Waals surface area contributed by atoms with Gasteiger partial charge in [0.05, 0.1) is 24.3 Å². The Bertz CT molecular complexity index is 1100. The SMILES string of the molecule is CO[C@H]1CC[C@]2(CC1)Cc1ccc(C#N)cc1C21N=C(N)N(Cc2ccccc2)C1=O. The van der Waals surface area contributed by atoms with Gasteiger partial charge in [-0.1, -0.05) is 36.4 Å². The van der Waals surface area contributed by atoms with Crippen LogP contribution in [0.2, 0.25) is 0 Å². The standard InChI is InChI=1S/C25H26N4O2/c1-31-20-9-11-24(12-10-20)14-19-8-7-18(15-26)13-21(19)25(24)22(30)29(23(27)28-25)16-17-5-3-2-4-6-17/h2-8,13,20H,9-12,14,16H2,1H3,(H2,27,28)/t20-,24-,25?. The van der Waals surface area contributed by atoms with Crippen LogP contribution >= 0.6 is 0 Å². The average Bonchev–Trinajstić information content (AvgIpc) is 3.21. The number of ether oxygens (including phenoxy) is 1. The molecule has 1 atom stereocenters. The molecule has 0 aromatic heterocycles. The molecule has 6 heteroatoms. The number of guanidine groups is 1. The summed E-state index contributed by atoms with van der Waals surface area (Å²) in [6.07, 6.45) is 4.43. The van der Waals surface area contributed by atoms with Gasteiger partial charge in [0.1, 0.15) is 0 Å². The van der Waals surface area contributed by atoms with Gasteiger partial charge in [0.25, 0.3) is 5.91 Å². The summed E-state index contributed by atoms with van der Waals surface area (Å²) in [5.74, 6) is 0.191. The van der Waals surface area contributed by atoms with Gasteiger partial charge >= 0.3 is 0 Å². The quantitative estimate of drug-likeness (QED) is 0.835. The lowest BCUT2D eigenvalue weighted by Crippen LogP contribution is -2.52. The van der Waals surface area contributed by atoms with Crippen molar-refractivity contribution in [2.75, 3.05) is 7.11 Å². The summed E-state index contributed by atoms with van der Waals surface area (Å²) in [5, 5.41) is 9.51. The van der Waals surface area contributed by atoms with E-state index < -0.39 is 5.54 Å². The highest BCUT2D eigenvalue weighted by Gasteiger charge is 2.66. The highest BCUT2D eigenvalue weighted by atomic mass is 16.5. The molecule has 1 amide bonds. The molecule has 2 aromatic carbocycles. The molecule has 2 aromatic rings. The molecule has 3 aliphatic rings. The van der Waals surface area contributed by atoms with Crippen molar-refractivity contribution in [1.82, 2.24) is 4.90 Å². The number of carbonyl (C=O) groups is 1. The Morgan fingerprint density at radius 1 is 1.23 bits per heavy atom. The Hall–Kier alpha value is -3.17. The summed E-state index contributed by atoms with van der Waals surface area (Å²) in [6.45, 7) is 0.390. The van der Waals surface area contributed by atoms with Crippen molar-refractivity contribution in [3.63, 3.8) is 0 Å². The van der Waals surface area contributed by atoms with Crippen molar-refractivity contribution in [3.8, 4) is 6.07 Å². The number of rotatable bonds is 3. The van der Waals surface area contributed by atoms with Crippen LogP contribution in [0.1, 0.15) is 47.9 Å². The highest BCUT2D eigenvalue weighted by molar-refractivity contribution is 6.08. The minimum atomic E-state index is -1.06. The second-order valence-electron chi connectivity index (χ2n) is 8.93. The molecule has 0 saturated heterocycles. The molecular formula is C25H26N4O2. The Kier molecular flexibility index (Phi) is 4.60. The third kappa shape index (κ3) is 2.80. The predicted octanol–water partition coefficient (Wildman–Crippen LogP) is 3.24. The number of hydrogen-bond donors (Lipinski definition) is 1. The third-order valence-corrected chi connectivity index (χ3v) is 7.45. The Labute approximate surface area is 182 Å². The van der Waals surface area contributed by atoms with E-state index in [0.717, 1.165) is 48.8 Å². The van der Waals surface area contributed by atoms with Gasteiger partial charge in [0.2, 0.25) is 0 Å². The number of nitrogens with zero attached hydrogens (tertiary/aromatic N) is 3. The van der Waals surface area contributed by atoms with Crippen LogP contribution in [-0.4, -0.2) is 30.0 Å². The third-order valence-electron chi connectivity index (χ3n) is 7.45. The number of aliphatic imine (C=N–C) groups is 1. The topological polar surface area (TPSA) is 91.7 Å². The fourth-order valence-electron chi connectivity index (χ4n) is 5.85. The first-order valence-electron chi connectivity index (χ1n) is 10.8. The molecule has 5 rings (SSSR count). The van der Waals surface area contributed by atoms with E-state index in [1.807, 2.05) is 48.5 Å². The summed E-state index contributed by atoms with van der Waals surface area (Å²) in [4.78, 5) is 20.7. The van der Waals surface area contributed by atoms with E-state index in [0.29, 0.717) is 12.1 Å². The van der Waals surface area contributed by atoms with Crippen LogP contribution in [0.25, 0.3) is 0 Å². The normalized spacial score (nSPS) is 29.3. The largest absolute Gasteiger partial charge is 0.381 e. The second-order valence-corrected chi connectivity index (χ2v) is 8.93. The van der Waals surface area contributed by atoms with Gasteiger partial charge in [-0.15, -0.1) is 0 Å². The summed E-state index contributed by atoms with van der Waals surface area (Å²) >= 11 is 0. The molecule has 1 aliphatic heterocycles. The molecule has 1 saturated carbocycles. The van der Waals surface area contributed by atoms with E-state index in [9.17, 15) is 10.1 Å². The lowest BCUT2D eigenvalue weighted by molar-refractivity contribution is -0.138. The maximum atomic E-state index is 14.1. The molecule has 158 valence electrons. The Morgan fingerprint density at radius 2 is 1.97 bits per heavy atom. The molecule has 2 spiro atoms. The maximum Gasteiger partial charge on any atom is 0.262 e. The number of methoxy groups -OCH3 is 1. The number of nitriles is 1. The molecule has 0 bridgehead atoms. The van der Waals surface area contributed by atoms with E-state index in [1.165, 1.54) is 0 Å². The minimum absolute atomic E-state index is 0.0708. The van der Waals surface area contributed by atoms with E-state index in [2.05, 4.69) is 6.07 Å². The predicted molar refractivity (Wildman–Crippen MR) is 117 cm³/mol. The van der Waals surface area contributed by atoms with Crippen LogP contribution in [0.3, 0.4) is 0 Å². The monoisotopic (exact) mass is 414 g/mol. The van der Waals surface area contributed by atoms with Gasteiger partial charge in [-0.3, -0.25) is 9.69 Å². The van der Waals surface area contributed by atoms with E-state index in [4.69, 9.17) is 15.5 Å². The van der Waals surface area contributed by atoms with Crippen molar-refractivity contribution >= 4 is 11.9 Å². The average molecular weight is 415 g/mol. The number of carbonyl (C=O) groups excluding carboxylic acids is 1. The Morgan fingerprint density at radius 3 is 2.65 bits per heavy atom. The fraction of sp³-hybridized carbons (Fsp3) is 0.400. The van der Waals surface area contributed by atoms with Crippen molar-refractivity contribution in [2.24, 2.45) is 16.1 Å². The van der Waals surface area contributed by atoms with Crippen molar-refractivity contribution < 1.29 is 9.53 Å². The second kappa shape index (κ2) is 7.21. The Balaban J connectivity index is 1.62. The first-order valence-corrected chi connectivity index (χ1v) is 10.8. The summed E-state index contributed by atoms with van der Waals surface area (Å²) in [7, 11) is 1.75. The van der Waals surface area contributed by atoms with Gasteiger partial charge < -0.3 is 10.5 Å². The van der Waals surface area contributed by atoms with Gasteiger partial charge in [0, 0.05) is 12.5 Å². The number of amides is 1. The van der Waals surface area contributed by atoms with Crippen LogP contribution in [0.5, 0.6) is 0 Å². The van der Waals surface area contributed by atoms with Crippen molar-refractivity contribution in [3.05, 3.63) is 70.8 Å². The smallest absolute Gasteiger partial charge is 0.262 e. The molecule has 1 unspecified atom stereocenters. The summed E-state index contributed by atoms with van der Waals surface area (Å²) < 4.78 is 5.61. The number of nitrogens with two attached hydrogens (primary N) is 1. The first-order chi connectivity index (χ1) is 15.0. The molecule has 0 radical (unpaired) electrons. The molecular weight excluding hydrogens is 388 g/mol. The molecule has 31 heavy (non-hydrogen) atoms. The molecule has 1 heterocycles. The van der Waals surface area contributed by atoms with Crippen LogP contribution in [0.15, 0.2) is 53.5 Å². The van der Waals surface area contributed by atoms with Gasteiger partial charge in [-0.2, -0.15) is 5.26 Å². The minimum Gasteiger partial charge on any atom is -0.381 e. The van der Waals surface area contributed by atoms with E-state index in [-0.39, 0.29) is 23.4 Å². The first kappa shape index (κ1) is 19.8. The van der Waals surface area contributed by atoms with Crippen LogP contribution in [-0.2, 0) is 28.0 Å². The van der Waals surface area contributed by atoms with Crippen molar-refractivity contribution in [1.29, 1.82) is 5.26 Å². The van der Waals surface area contributed by atoms with Gasteiger partial charge in [-0.05, 0) is 60.9 Å². The van der Waals surface area contributed by atoms with Crippen LogP contribution < -0.4 is 5.73 Å². The zero-order valence-corrected chi connectivity index (χ0v) is 17.7. The number of hydrogen-bond acceptors (Lipinski definition) is 5. The lowest BCUT2D eigenvalue weighted by Gasteiger charge is -2.45. The van der Waals surface area contributed by atoms with Crippen LogP contribution in [0.4, 0.5) is 0 Å². The summed E-state index contributed by atoms with van der Waals surface area (Å²) in [6, 6.07) is 17.7. The number of benzene rings is 2. The fourth-order valence-corrected chi connectivity index (χ4v) is 5.85. The molecule has 2 aliphatic carbocycles. The number of fused-ring (bicyclic) bond motifs is 3. The zero-order chi connectivity index (χ0) is 21.6. The molecule has 6 nitrogen and oxygen atoms in total. The lowest BCUT2D eigenvalue weighted by atomic mass is 9.61. The summed E-state index contributed by atoms with van der Waals surface area (Å²) in [5.41, 5.74) is 8.51. The maximum absolute atomic E-state index is 14.1. The van der Waals surface area contributed by atoms with Gasteiger partial charge in [-0.25, -0.2) is 4.99 Å². The zero-order valence-electron chi connectivity index (χ0n) is 17.7.